The third-order valence-electron chi connectivity index (χ3n) is 4.25. The van der Waals surface area contributed by atoms with Gasteiger partial charge in [-0.1, -0.05) is 23.2 Å². The lowest BCUT2D eigenvalue weighted by Crippen LogP contribution is -2.32. The molecule has 0 aliphatic heterocycles. The van der Waals surface area contributed by atoms with E-state index in [0.717, 1.165) is 0 Å². The summed E-state index contributed by atoms with van der Waals surface area (Å²) in [6.45, 7) is 5.57. The van der Waals surface area contributed by atoms with Crippen molar-refractivity contribution in [3.8, 4) is 23.0 Å². The lowest BCUT2D eigenvalue weighted by Gasteiger charge is -2.16. The molecule has 9 nitrogen and oxygen atoms in total. The molecule has 2 rings (SSSR count). The number of carbonyl (C=O) groups is 2. The third-order valence-corrected chi connectivity index (χ3v) is 4.76. The van der Waals surface area contributed by atoms with Crippen LogP contribution in [-0.2, 0) is 9.59 Å². The van der Waals surface area contributed by atoms with E-state index in [2.05, 4.69) is 15.5 Å². The molecule has 0 aromatic heterocycles. The number of Topliss-reactive ketones (excluding diaryl/α,β-unsaturated/α-hetero) is 1. The summed E-state index contributed by atoms with van der Waals surface area (Å²) in [6, 6.07) is 4.62. The van der Waals surface area contributed by atoms with E-state index in [-0.39, 0.29) is 22.9 Å². The molecule has 11 heteroatoms. The summed E-state index contributed by atoms with van der Waals surface area (Å²) >= 11 is 12.3. The molecule has 0 fully saturated rings. The molecule has 2 aromatic carbocycles. The molecule has 0 bridgehead atoms. The molecule has 1 unspecified atom stereocenters. The van der Waals surface area contributed by atoms with E-state index in [1.807, 2.05) is 6.92 Å². The van der Waals surface area contributed by atoms with Crippen LogP contribution < -0.4 is 24.3 Å². The maximum Gasteiger partial charge on any atom is 0.259 e. The van der Waals surface area contributed by atoms with Gasteiger partial charge in [-0.2, -0.15) is 10.2 Å². The van der Waals surface area contributed by atoms with Crippen molar-refractivity contribution in [2.75, 3.05) is 32.8 Å². The number of benzene rings is 2. The number of ketones is 1. The van der Waals surface area contributed by atoms with Crippen LogP contribution in [0.4, 0.5) is 11.4 Å². The first kappa shape index (κ1) is 26.2. The fraction of sp³-hybridized carbons (Fsp3) is 0.364. The van der Waals surface area contributed by atoms with E-state index in [1.165, 1.54) is 45.4 Å². The van der Waals surface area contributed by atoms with Crippen LogP contribution in [0.5, 0.6) is 23.0 Å². The number of azo groups is 1. The fourth-order valence-electron chi connectivity index (χ4n) is 2.77. The van der Waals surface area contributed by atoms with E-state index in [1.54, 1.807) is 6.92 Å². The highest BCUT2D eigenvalue weighted by Gasteiger charge is 2.26. The summed E-state index contributed by atoms with van der Waals surface area (Å²) in [4.78, 5) is 25.1. The zero-order valence-corrected chi connectivity index (χ0v) is 20.4. The molecule has 178 valence electrons. The van der Waals surface area contributed by atoms with Gasteiger partial charge in [-0.3, -0.25) is 9.59 Å². The Kier molecular flexibility index (Phi) is 9.74. The smallest absolute Gasteiger partial charge is 0.259 e. The van der Waals surface area contributed by atoms with Gasteiger partial charge in [0, 0.05) is 29.3 Å². The molecule has 0 heterocycles. The highest BCUT2D eigenvalue weighted by atomic mass is 35.5. The van der Waals surface area contributed by atoms with E-state index in [0.29, 0.717) is 34.8 Å². The molecular formula is C22H25Cl2N3O6. The molecule has 0 spiro atoms. The highest BCUT2D eigenvalue weighted by Crippen LogP contribution is 2.39. The van der Waals surface area contributed by atoms with E-state index in [9.17, 15) is 9.59 Å². The van der Waals surface area contributed by atoms with Crippen molar-refractivity contribution < 1.29 is 28.5 Å². The van der Waals surface area contributed by atoms with Crippen LogP contribution in [0.2, 0.25) is 10.0 Å². The molecular weight excluding hydrogens is 473 g/mol. The zero-order chi connectivity index (χ0) is 24.5. The summed E-state index contributed by atoms with van der Waals surface area (Å²) in [5.41, 5.74) is 0.460. The number of ether oxygens (including phenoxy) is 4. The van der Waals surface area contributed by atoms with Gasteiger partial charge in [-0.15, -0.1) is 0 Å². The number of halogens is 2. The van der Waals surface area contributed by atoms with E-state index < -0.39 is 17.7 Å². The molecule has 1 N–H and O–H groups in total. The third kappa shape index (κ3) is 6.72. The lowest BCUT2D eigenvalue weighted by molar-refractivity contribution is -0.126. The minimum absolute atomic E-state index is 0.205. The van der Waals surface area contributed by atoms with Gasteiger partial charge < -0.3 is 24.3 Å². The Labute approximate surface area is 202 Å². The Balaban J connectivity index is 2.40. The van der Waals surface area contributed by atoms with Crippen molar-refractivity contribution in [2.45, 2.75) is 26.8 Å². The molecule has 1 amide bonds. The number of hydrogen-bond acceptors (Lipinski definition) is 8. The number of carbonyl (C=O) groups excluding carboxylic acids is 2. The van der Waals surface area contributed by atoms with Crippen molar-refractivity contribution in [2.24, 2.45) is 10.2 Å². The molecule has 0 saturated heterocycles. The van der Waals surface area contributed by atoms with E-state index >= 15 is 0 Å². The molecule has 2 aromatic rings. The minimum Gasteiger partial charge on any atom is -0.494 e. The molecule has 0 aliphatic carbocycles. The van der Waals surface area contributed by atoms with Crippen LogP contribution in [0.1, 0.15) is 20.8 Å². The van der Waals surface area contributed by atoms with Gasteiger partial charge in [0.05, 0.1) is 32.5 Å². The van der Waals surface area contributed by atoms with Crippen LogP contribution in [-0.4, -0.2) is 45.2 Å². The largest absolute Gasteiger partial charge is 0.494 e. The van der Waals surface area contributed by atoms with Gasteiger partial charge in [0.2, 0.25) is 6.04 Å². The zero-order valence-electron chi connectivity index (χ0n) is 18.9. The highest BCUT2D eigenvalue weighted by molar-refractivity contribution is 6.32. The number of rotatable bonds is 11. The van der Waals surface area contributed by atoms with Crippen LogP contribution in [0.15, 0.2) is 34.5 Å². The Morgan fingerprint density at radius 2 is 1.52 bits per heavy atom. The summed E-state index contributed by atoms with van der Waals surface area (Å²) in [5, 5.41) is 11.3. The number of nitrogens with one attached hydrogen (secondary N) is 1. The van der Waals surface area contributed by atoms with Gasteiger partial charge in [0.1, 0.15) is 34.4 Å². The molecule has 0 saturated carbocycles. The van der Waals surface area contributed by atoms with E-state index in [4.69, 9.17) is 42.1 Å². The second-order valence-electron chi connectivity index (χ2n) is 6.52. The monoisotopic (exact) mass is 497 g/mol. The fourth-order valence-corrected chi connectivity index (χ4v) is 3.18. The first-order valence-corrected chi connectivity index (χ1v) is 10.7. The number of nitrogens with zero attached hydrogens (tertiary/aromatic N) is 2. The van der Waals surface area contributed by atoms with Gasteiger partial charge in [0.25, 0.3) is 5.91 Å². The normalized spacial score (nSPS) is 11.7. The molecule has 0 aliphatic rings. The van der Waals surface area contributed by atoms with Crippen LogP contribution in [0, 0.1) is 0 Å². The summed E-state index contributed by atoms with van der Waals surface area (Å²) < 4.78 is 21.6. The predicted molar refractivity (Wildman–Crippen MR) is 126 cm³/mol. The quantitative estimate of drug-likeness (QED) is 0.324. The first-order chi connectivity index (χ1) is 15.7. The van der Waals surface area contributed by atoms with Gasteiger partial charge in [-0.05, 0) is 20.8 Å². The topological polar surface area (TPSA) is 108 Å². The summed E-state index contributed by atoms with van der Waals surface area (Å²) in [6.07, 6.45) is 0. The molecule has 1 atom stereocenters. The van der Waals surface area contributed by atoms with Gasteiger partial charge in [0.15, 0.2) is 5.78 Å². The maximum absolute atomic E-state index is 12.9. The van der Waals surface area contributed by atoms with Crippen LogP contribution in [0.25, 0.3) is 0 Å². The Morgan fingerprint density at radius 3 is 2.03 bits per heavy atom. The Bertz CT molecular complexity index is 1020. The molecule has 33 heavy (non-hydrogen) atoms. The van der Waals surface area contributed by atoms with Crippen molar-refractivity contribution in [1.29, 1.82) is 0 Å². The number of hydrogen-bond donors (Lipinski definition) is 1. The van der Waals surface area contributed by atoms with Crippen molar-refractivity contribution in [3.05, 3.63) is 34.3 Å². The number of anilines is 1. The van der Waals surface area contributed by atoms with Gasteiger partial charge in [-0.25, -0.2) is 0 Å². The average molecular weight is 498 g/mol. The first-order valence-electron chi connectivity index (χ1n) is 9.98. The predicted octanol–water partition coefficient (Wildman–Crippen LogP) is 5.49. The van der Waals surface area contributed by atoms with Crippen molar-refractivity contribution in [1.82, 2.24) is 0 Å². The number of amides is 1. The Morgan fingerprint density at radius 1 is 0.939 bits per heavy atom. The minimum atomic E-state index is -1.45. The van der Waals surface area contributed by atoms with Crippen molar-refractivity contribution in [3.63, 3.8) is 0 Å². The second kappa shape index (κ2) is 12.3. The summed E-state index contributed by atoms with van der Waals surface area (Å²) in [7, 11) is 2.82. The maximum atomic E-state index is 12.9. The van der Waals surface area contributed by atoms with Crippen LogP contribution in [0.3, 0.4) is 0 Å². The standard InChI is InChI=1S/C22H25Cl2N3O6/c1-6-32-16-11-15(17(33-7-2)10-14(16)24)26-27-20(12(3)28)22(29)25-21-18(30-4)8-13(23)9-19(21)31-5/h8-11,20H,6-7H2,1-5H3,(H,25,29). The second-order valence-corrected chi connectivity index (χ2v) is 7.36. The number of methoxy groups -OCH3 is 2. The van der Waals surface area contributed by atoms with Gasteiger partial charge >= 0.3 is 0 Å². The average Bonchev–Trinajstić information content (AvgIpc) is 2.77. The van der Waals surface area contributed by atoms with Crippen molar-refractivity contribution >= 4 is 46.3 Å². The molecule has 0 radical (unpaired) electrons. The SMILES string of the molecule is CCOc1cc(N=NC(C(C)=O)C(=O)Nc2c(OC)cc(Cl)cc2OC)c(OCC)cc1Cl. The Hall–Kier alpha value is -3.04. The summed E-state index contributed by atoms with van der Waals surface area (Å²) in [5.74, 6) is -0.0500. The lowest BCUT2D eigenvalue weighted by atomic mass is 10.2. The van der Waals surface area contributed by atoms with Crippen LogP contribution >= 0.6 is 23.2 Å².